The van der Waals surface area contributed by atoms with E-state index in [2.05, 4.69) is 10.0 Å². The number of amides is 1. The zero-order valence-corrected chi connectivity index (χ0v) is 17.8. The second kappa shape index (κ2) is 9.91. The van der Waals surface area contributed by atoms with Crippen LogP contribution < -0.4 is 14.8 Å². The summed E-state index contributed by atoms with van der Waals surface area (Å²) in [6, 6.07) is 9.78. The molecule has 0 fully saturated rings. The number of ether oxygens (including phenoxy) is 1. The number of sulfonamides is 1. The van der Waals surface area contributed by atoms with Crippen LogP contribution in [0.25, 0.3) is 0 Å². The van der Waals surface area contributed by atoms with E-state index in [4.69, 9.17) is 16.3 Å². The Morgan fingerprint density at radius 1 is 1.11 bits per heavy atom. The van der Waals surface area contributed by atoms with Gasteiger partial charge in [-0.1, -0.05) is 31.0 Å². The van der Waals surface area contributed by atoms with E-state index < -0.39 is 10.0 Å². The molecule has 0 aliphatic heterocycles. The van der Waals surface area contributed by atoms with Crippen LogP contribution in [0.3, 0.4) is 0 Å². The maximum Gasteiger partial charge on any atom is 0.262 e. The van der Waals surface area contributed by atoms with Gasteiger partial charge in [-0.15, -0.1) is 0 Å². The lowest BCUT2D eigenvalue weighted by Gasteiger charge is -2.11. The molecule has 0 aliphatic carbocycles. The van der Waals surface area contributed by atoms with Gasteiger partial charge in [0.1, 0.15) is 5.75 Å². The predicted molar refractivity (Wildman–Crippen MR) is 112 cm³/mol. The molecule has 28 heavy (non-hydrogen) atoms. The van der Waals surface area contributed by atoms with Crippen molar-refractivity contribution in [3.63, 3.8) is 0 Å². The highest BCUT2D eigenvalue weighted by atomic mass is 35.5. The molecule has 0 bridgehead atoms. The van der Waals surface area contributed by atoms with Crippen LogP contribution >= 0.6 is 11.6 Å². The Hall–Kier alpha value is -2.09. The van der Waals surface area contributed by atoms with Gasteiger partial charge in [-0.05, 0) is 61.7 Å². The zero-order valence-electron chi connectivity index (χ0n) is 16.2. The second-order valence-corrected chi connectivity index (χ2v) is 8.65. The smallest absolute Gasteiger partial charge is 0.262 e. The summed E-state index contributed by atoms with van der Waals surface area (Å²) in [5.74, 6) is -0.0957. The maximum atomic E-state index is 12.2. The number of aryl methyl sites for hydroxylation is 2. The highest BCUT2D eigenvalue weighted by Gasteiger charge is 2.16. The minimum atomic E-state index is -3.62. The van der Waals surface area contributed by atoms with Crippen molar-refractivity contribution in [2.45, 2.75) is 38.5 Å². The van der Waals surface area contributed by atoms with Gasteiger partial charge < -0.3 is 10.1 Å². The summed E-state index contributed by atoms with van der Waals surface area (Å²) in [5.41, 5.74) is 2.90. The number of rotatable bonds is 9. The van der Waals surface area contributed by atoms with Gasteiger partial charge in [-0.3, -0.25) is 4.79 Å². The number of hydrogen-bond acceptors (Lipinski definition) is 4. The van der Waals surface area contributed by atoms with Gasteiger partial charge in [-0.25, -0.2) is 13.1 Å². The molecule has 2 aromatic carbocycles. The number of carbonyl (C=O) groups excluding carboxylic acids is 1. The lowest BCUT2D eigenvalue weighted by molar-refractivity contribution is -0.118. The highest BCUT2D eigenvalue weighted by molar-refractivity contribution is 7.89. The van der Waals surface area contributed by atoms with E-state index in [-0.39, 0.29) is 28.2 Å². The largest absolute Gasteiger partial charge is 0.482 e. The molecule has 0 saturated heterocycles. The Kier molecular flexibility index (Phi) is 7.86. The molecule has 0 radical (unpaired) electrons. The molecule has 152 valence electrons. The summed E-state index contributed by atoms with van der Waals surface area (Å²) in [6.45, 7) is 6.07. The van der Waals surface area contributed by atoms with Crippen LogP contribution in [0.4, 0.5) is 5.69 Å². The van der Waals surface area contributed by atoms with Gasteiger partial charge in [0.15, 0.2) is 6.61 Å². The fraction of sp³-hybridized carbons (Fsp3) is 0.350. The third-order valence-electron chi connectivity index (χ3n) is 4.19. The van der Waals surface area contributed by atoms with Gasteiger partial charge in [0.25, 0.3) is 5.91 Å². The lowest BCUT2D eigenvalue weighted by Crippen LogP contribution is -2.24. The molecule has 0 heterocycles. The van der Waals surface area contributed by atoms with Gasteiger partial charge in [-0.2, -0.15) is 0 Å². The van der Waals surface area contributed by atoms with Crippen molar-refractivity contribution in [3.8, 4) is 5.75 Å². The molecule has 0 atom stereocenters. The van der Waals surface area contributed by atoms with E-state index in [0.29, 0.717) is 12.2 Å². The van der Waals surface area contributed by atoms with Crippen molar-refractivity contribution >= 4 is 33.2 Å². The van der Waals surface area contributed by atoms with Crippen LogP contribution in [0.15, 0.2) is 41.3 Å². The number of anilines is 1. The van der Waals surface area contributed by atoms with Gasteiger partial charge in [0.05, 0.1) is 9.92 Å². The summed E-state index contributed by atoms with van der Waals surface area (Å²) >= 11 is 6.13. The average Bonchev–Trinajstić information content (AvgIpc) is 2.64. The SMILES string of the molecule is CCCCNS(=O)(=O)c1ccc(OCC(=O)Nc2ccc(C)c(C)c2)c(Cl)c1. The molecular formula is C20H25ClN2O4S. The predicted octanol–water partition coefficient (Wildman–Crippen LogP) is 4.05. The molecular weight excluding hydrogens is 400 g/mol. The van der Waals surface area contributed by atoms with Crippen molar-refractivity contribution < 1.29 is 17.9 Å². The molecule has 2 aromatic rings. The Labute approximate surface area is 171 Å². The van der Waals surface area contributed by atoms with Gasteiger partial charge in [0, 0.05) is 12.2 Å². The molecule has 8 heteroatoms. The number of nitrogens with one attached hydrogen (secondary N) is 2. The highest BCUT2D eigenvalue weighted by Crippen LogP contribution is 2.27. The first-order valence-corrected chi connectivity index (χ1v) is 10.9. The van der Waals surface area contributed by atoms with E-state index >= 15 is 0 Å². The third-order valence-corrected chi connectivity index (χ3v) is 5.94. The molecule has 0 aliphatic rings. The second-order valence-electron chi connectivity index (χ2n) is 6.48. The first kappa shape index (κ1) is 22.2. The number of halogens is 1. The Balaban J connectivity index is 1.97. The summed E-state index contributed by atoms with van der Waals surface area (Å²) in [5, 5.41) is 2.87. The van der Waals surface area contributed by atoms with Gasteiger partial charge in [0.2, 0.25) is 10.0 Å². The van der Waals surface area contributed by atoms with Crippen molar-refractivity contribution in [1.82, 2.24) is 4.72 Å². The van der Waals surface area contributed by atoms with Crippen molar-refractivity contribution in [2.24, 2.45) is 0 Å². The molecule has 6 nitrogen and oxygen atoms in total. The van der Waals surface area contributed by atoms with Crippen LogP contribution in [-0.2, 0) is 14.8 Å². The Morgan fingerprint density at radius 2 is 1.86 bits per heavy atom. The topological polar surface area (TPSA) is 84.5 Å². The minimum absolute atomic E-state index is 0.0561. The van der Waals surface area contributed by atoms with E-state index in [1.807, 2.05) is 39.0 Å². The Morgan fingerprint density at radius 3 is 2.50 bits per heavy atom. The standard InChI is InChI=1S/C20H25ClN2O4S/c1-4-5-10-22-28(25,26)17-8-9-19(18(21)12-17)27-13-20(24)23-16-7-6-14(2)15(3)11-16/h6-9,11-12,22H,4-5,10,13H2,1-3H3,(H,23,24). The first-order chi connectivity index (χ1) is 13.2. The fourth-order valence-corrected chi connectivity index (χ4v) is 3.79. The number of unbranched alkanes of at least 4 members (excludes halogenated alkanes) is 1. The molecule has 0 unspecified atom stereocenters. The summed E-state index contributed by atoms with van der Waals surface area (Å²) in [4.78, 5) is 12.1. The van der Waals surface area contributed by atoms with Crippen molar-refractivity contribution in [1.29, 1.82) is 0 Å². The summed E-state index contributed by atoms with van der Waals surface area (Å²) < 4.78 is 32.4. The third kappa shape index (κ3) is 6.22. The van der Waals surface area contributed by atoms with Crippen molar-refractivity contribution in [2.75, 3.05) is 18.5 Å². The van der Waals surface area contributed by atoms with Gasteiger partial charge >= 0.3 is 0 Å². The van der Waals surface area contributed by atoms with Crippen molar-refractivity contribution in [3.05, 3.63) is 52.5 Å². The van der Waals surface area contributed by atoms with Crippen LogP contribution in [-0.4, -0.2) is 27.5 Å². The lowest BCUT2D eigenvalue weighted by atomic mass is 10.1. The molecule has 1 amide bonds. The van der Waals surface area contributed by atoms with Crippen LogP contribution in [0, 0.1) is 13.8 Å². The monoisotopic (exact) mass is 424 g/mol. The molecule has 2 rings (SSSR count). The minimum Gasteiger partial charge on any atom is -0.482 e. The summed E-state index contributed by atoms with van der Waals surface area (Å²) in [7, 11) is -3.62. The van der Waals surface area contributed by atoms with Crippen LogP contribution in [0.2, 0.25) is 5.02 Å². The number of hydrogen-bond donors (Lipinski definition) is 2. The van der Waals surface area contributed by atoms with Crippen LogP contribution in [0.5, 0.6) is 5.75 Å². The van der Waals surface area contributed by atoms with E-state index in [0.717, 1.165) is 24.0 Å². The Bertz CT molecular complexity index is 945. The first-order valence-electron chi connectivity index (χ1n) is 9.02. The van der Waals surface area contributed by atoms with E-state index in [9.17, 15) is 13.2 Å². The molecule has 0 spiro atoms. The molecule has 0 saturated carbocycles. The fourth-order valence-electron chi connectivity index (χ4n) is 2.39. The van der Waals surface area contributed by atoms with Crippen LogP contribution in [0.1, 0.15) is 30.9 Å². The number of carbonyl (C=O) groups is 1. The quantitative estimate of drug-likeness (QED) is 0.594. The molecule has 2 N–H and O–H groups in total. The molecule has 0 aromatic heterocycles. The number of benzene rings is 2. The van der Waals surface area contributed by atoms with E-state index in [1.54, 1.807) is 0 Å². The summed E-state index contributed by atoms with van der Waals surface area (Å²) in [6.07, 6.45) is 1.64. The normalized spacial score (nSPS) is 11.3. The maximum absolute atomic E-state index is 12.2. The zero-order chi connectivity index (χ0) is 20.7. The van der Waals surface area contributed by atoms with E-state index in [1.165, 1.54) is 18.2 Å². The average molecular weight is 425 g/mol.